The molecule has 0 aromatic rings. The van der Waals surface area contributed by atoms with E-state index in [1.165, 1.54) is 12.8 Å². The highest BCUT2D eigenvalue weighted by atomic mass is 32.2. The molecule has 0 radical (unpaired) electrons. The standard InChI is InChI=1S/C6H11NOS/c1-9-4-6(8)7-5-2-3-5/h5H,2-4H2,1H3,(H,7,8). The van der Waals surface area contributed by atoms with Gasteiger partial charge in [-0.2, -0.15) is 11.8 Å². The molecule has 0 bridgehead atoms. The van der Waals surface area contributed by atoms with Crippen molar-refractivity contribution in [3.8, 4) is 0 Å². The number of nitrogens with one attached hydrogen (secondary N) is 1. The van der Waals surface area contributed by atoms with Crippen LogP contribution in [0.3, 0.4) is 0 Å². The maximum absolute atomic E-state index is 10.8. The molecular formula is C6H11NOS. The Balaban J connectivity index is 2.02. The van der Waals surface area contributed by atoms with Crippen LogP contribution in [0.4, 0.5) is 0 Å². The maximum Gasteiger partial charge on any atom is 0.230 e. The van der Waals surface area contributed by atoms with E-state index in [2.05, 4.69) is 5.32 Å². The summed E-state index contributed by atoms with van der Waals surface area (Å²) in [5.41, 5.74) is 0. The van der Waals surface area contributed by atoms with Crippen molar-refractivity contribution in [1.29, 1.82) is 0 Å². The van der Waals surface area contributed by atoms with Gasteiger partial charge in [-0.15, -0.1) is 0 Å². The molecule has 1 aliphatic carbocycles. The lowest BCUT2D eigenvalue weighted by molar-refractivity contribution is -0.118. The van der Waals surface area contributed by atoms with Crippen molar-refractivity contribution in [3.05, 3.63) is 0 Å². The number of thioether (sulfide) groups is 1. The van der Waals surface area contributed by atoms with E-state index < -0.39 is 0 Å². The van der Waals surface area contributed by atoms with Crippen molar-refractivity contribution in [3.63, 3.8) is 0 Å². The Kier molecular flexibility index (Phi) is 2.39. The lowest BCUT2D eigenvalue weighted by Crippen LogP contribution is -2.26. The molecule has 2 nitrogen and oxygen atoms in total. The van der Waals surface area contributed by atoms with Crippen LogP contribution in [0.1, 0.15) is 12.8 Å². The SMILES string of the molecule is CSCC(=O)NC1CC1. The largest absolute Gasteiger partial charge is 0.353 e. The fraction of sp³-hybridized carbons (Fsp3) is 0.833. The molecule has 1 amide bonds. The predicted molar refractivity (Wildman–Crippen MR) is 39.5 cm³/mol. The summed E-state index contributed by atoms with van der Waals surface area (Å²) in [5.74, 6) is 0.793. The summed E-state index contributed by atoms with van der Waals surface area (Å²) < 4.78 is 0. The minimum Gasteiger partial charge on any atom is -0.353 e. The molecule has 1 N–H and O–H groups in total. The molecule has 0 aromatic carbocycles. The zero-order chi connectivity index (χ0) is 6.69. The van der Waals surface area contributed by atoms with Gasteiger partial charge in [-0.1, -0.05) is 0 Å². The molecule has 1 aliphatic rings. The van der Waals surface area contributed by atoms with Crippen LogP contribution in [0, 0.1) is 0 Å². The molecule has 0 unspecified atom stereocenters. The first-order valence-electron chi connectivity index (χ1n) is 3.11. The van der Waals surface area contributed by atoms with E-state index in [9.17, 15) is 4.79 Å². The molecule has 0 spiro atoms. The summed E-state index contributed by atoms with van der Waals surface area (Å²) in [7, 11) is 0. The number of rotatable bonds is 3. The van der Waals surface area contributed by atoms with Crippen LogP contribution in [-0.2, 0) is 4.79 Å². The predicted octanol–water partition coefficient (Wildman–Crippen LogP) is 0.628. The third-order valence-electron chi connectivity index (χ3n) is 1.22. The molecule has 1 fully saturated rings. The van der Waals surface area contributed by atoms with Crippen molar-refractivity contribution >= 4 is 17.7 Å². The minimum atomic E-state index is 0.185. The number of carbonyl (C=O) groups is 1. The normalized spacial score (nSPS) is 17.4. The molecular weight excluding hydrogens is 134 g/mol. The average molecular weight is 145 g/mol. The summed E-state index contributed by atoms with van der Waals surface area (Å²) in [6.07, 6.45) is 4.30. The Morgan fingerprint density at radius 3 is 2.89 bits per heavy atom. The van der Waals surface area contributed by atoms with E-state index in [1.807, 2.05) is 6.26 Å². The van der Waals surface area contributed by atoms with E-state index in [0.717, 1.165) is 0 Å². The number of amides is 1. The minimum absolute atomic E-state index is 0.185. The van der Waals surface area contributed by atoms with Gasteiger partial charge in [0.05, 0.1) is 5.75 Å². The average Bonchev–Trinajstić information content (AvgIpc) is 2.50. The number of hydrogen-bond acceptors (Lipinski definition) is 2. The van der Waals surface area contributed by atoms with Gasteiger partial charge in [-0.25, -0.2) is 0 Å². The van der Waals surface area contributed by atoms with Crippen LogP contribution in [0.25, 0.3) is 0 Å². The molecule has 0 saturated heterocycles. The fourth-order valence-electron chi connectivity index (χ4n) is 0.628. The summed E-state index contributed by atoms with van der Waals surface area (Å²) in [4.78, 5) is 10.8. The second kappa shape index (κ2) is 3.11. The maximum atomic E-state index is 10.8. The zero-order valence-electron chi connectivity index (χ0n) is 5.52. The Hall–Kier alpha value is -0.180. The first-order valence-corrected chi connectivity index (χ1v) is 4.50. The van der Waals surface area contributed by atoms with E-state index in [0.29, 0.717) is 11.8 Å². The second-order valence-corrected chi connectivity index (χ2v) is 3.14. The van der Waals surface area contributed by atoms with Crippen LogP contribution in [0.15, 0.2) is 0 Å². The van der Waals surface area contributed by atoms with Crippen molar-refractivity contribution < 1.29 is 4.79 Å². The number of hydrogen-bond donors (Lipinski definition) is 1. The molecule has 52 valence electrons. The van der Waals surface area contributed by atoms with Crippen molar-refractivity contribution in [2.45, 2.75) is 18.9 Å². The van der Waals surface area contributed by atoms with Gasteiger partial charge < -0.3 is 5.32 Å². The Labute approximate surface area is 59.4 Å². The monoisotopic (exact) mass is 145 g/mol. The van der Waals surface area contributed by atoms with Crippen molar-refractivity contribution in [2.75, 3.05) is 12.0 Å². The highest BCUT2D eigenvalue weighted by molar-refractivity contribution is 7.99. The first kappa shape index (κ1) is 6.93. The molecule has 1 rings (SSSR count). The van der Waals surface area contributed by atoms with Gasteiger partial charge in [-0.05, 0) is 19.1 Å². The van der Waals surface area contributed by atoms with Gasteiger partial charge in [0.1, 0.15) is 0 Å². The topological polar surface area (TPSA) is 29.1 Å². The van der Waals surface area contributed by atoms with Crippen LogP contribution >= 0.6 is 11.8 Å². The summed E-state index contributed by atoms with van der Waals surface area (Å²) in [5, 5.41) is 2.90. The van der Waals surface area contributed by atoms with Crippen LogP contribution in [-0.4, -0.2) is 24.0 Å². The van der Waals surface area contributed by atoms with E-state index in [-0.39, 0.29) is 5.91 Å². The van der Waals surface area contributed by atoms with Gasteiger partial charge in [0, 0.05) is 6.04 Å². The van der Waals surface area contributed by atoms with Crippen molar-refractivity contribution in [1.82, 2.24) is 5.32 Å². The number of carbonyl (C=O) groups excluding carboxylic acids is 1. The summed E-state index contributed by atoms with van der Waals surface area (Å²) in [6.45, 7) is 0. The second-order valence-electron chi connectivity index (χ2n) is 2.27. The van der Waals surface area contributed by atoms with Gasteiger partial charge in [0.15, 0.2) is 0 Å². The molecule has 0 aromatic heterocycles. The third kappa shape index (κ3) is 2.75. The van der Waals surface area contributed by atoms with E-state index in [1.54, 1.807) is 11.8 Å². The lowest BCUT2D eigenvalue weighted by Gasteiger charge is -1.98. The third-order valence-corrected chi connectivity index (χ3v) is 1.77. The molecule has 0 heterocycles. The first-order chi connectivity index (χ1) is 4.33. The Morgan fingerprint density at radius 1 is 1.78 bits per heavy atom. The van der Waals surface area contributed by atoms with Crippen LogP contribution < -0.4 is 5.32 Å². The Morgan fingerprint density at radius 2 is 2.44 bits per heavy atom. The highest BCUT2D eigenvalue weighted by Gasteiger charge is 2.22. The molecule has 3 heteroatoms. The molecule has 1 saturated carbocycles. The lowest BCUT2D eigenvalue weighted by atomic mass is 10.6. The summed E-state index contributed by atoms with van der Waals surface area (Å²) in [6, 6.07) is 0.518. The quantitative estimate of drug-likeness (QED) is 0.631. The van der Waals surface area contributed by atoms with Crippen LogP contribution in [0.2, 0.25) is 0 Å². The summed E-state index contributed by atoms with van der Waals surface area (Å²) >= 11 is 1.57. The van der Waals surface area contributed by atoms with Gasteiger partial charge >= 0.3 is 0 Å². The van der Waals surface area contributed by atoms with E-state index in [4.69, 9.17) is 0 Å². The fourth-order valence-corrected chi connectivity index (χ4v) is 0.974. The molecule has 0 atom stereocenters. The van der Waals surface area contributed by atoms with Crippen molar-refractivity contribution in [2.24, 2.45) is 0 Å². The Bertz CT molecular complexity index is 112. The van der Waals surface area contributed by atoms with Gasteiger partial charge in [0.2, 0.25) is 5.91 Å². The smallest absolute Gasteiger partial charge is 0.230 e. The van der Waals surface area contributed by atoms with Gasteiger partial charge in [-0.3, -0.25) is 4.79 Å². The zero-order valence-corrected chi connectivity index (χ0v) is 6.33. The van der Waals surface area contributed by atoms with Crippen LogP contribution in [0.5, 0.6) is 0 Å². The van der Waals surface area contributed by atoms with Gasteiger partial charge in [0.25, 0.3) is 0 Å². The highest BCUT2D eigenvalue weighted by Crippen LogP contribution is 2.18. The van der Waals surface area contributed by atoms with E-state index >= 15 is 0 Å². The molecule has 9 heavy (non-hydrogen) atoms. The molecule has 0 aliphatic heterocycles.